The first-order valence-electron chi connectivity index (χ1n) is 5.03. The molecule has 1 unspecified atom stereocenters. The largest absolute Gasteiger partial charge is 0.460 e. The van der Waals surface area contributed by atoms with Crippen LogP contribution in [0.25, 0.3) is 17.0 Å². The van der Waals surface area contributed by atoms with Crippen LogP contribution < -0.4 is 0 Å². The summed E-state index contributed by atoms with van der Waals surface area (Å²) in [5.74, 6) is 1.74. The Kier molecular flexibility index (Phi) is 1.54. The highest BCUT2D eigenvalue weighted by Gasteiger charge is 2.16. The molecule has 1 aliphatic carbocycles. The second-order valence-corrected chi connectivity index (χ2v) is 3.98. The maximum atomic E-state index is 5.81. The zero-order valence-corrected chi connectivity index (χ0v) is 8.16. The van der Waals surface area contributed by atoms with Gasteiger partial charge >= 0.3 is 0 Å². The number of hydrogen-bond acceptors (Lipinski definition) is 1. The average molecular weight is 184 g/mol. The van der Waals surface area contributed by atoms with Gasteiger partial charge in [0.15, 0.2) is 0 Å². The molecule has 1 atom stereocenters. The van der Waals surface area contributed by atoms with Crippen LogP contribution in [0.15, 0.2) is 34.8 Å². The van der Waals surface area contributed by atoms with E-state index in [2.05, 4.69) is 31.2 Å². The zero-order chi connectivity index (χ0) is 9.54. The Bertz CT molecular complexity index is 505. The third-order valence-corrected chi connectivity index (χ3v) is 2.81. The molecule has 1 nitrogen and oxygen atoms in total. The Hall–Kier alpha value is -1.50. The summed E-state index contributed by atoms with van der Waals surface area (Å²) in [6.45, 7) is 2.21. The van der Waals surface area contributed by atoms with E-state index in [4.69, 9.17) is 4.42 Å². The van der Waals surface area contributed by atoms with Crippen LogP contribution in [0.3, 0.4) is 0 Å². The van der Waals surface area contributed by atoms with Gasteiger partial charge < -0.3 is 4.42 Å². The van der Waals surface area contributed by atoms with E-state index in [9.17, 15) is 0 Å². The van der Waals surface area contributed by atoms with E-state index in [1.807, 2.05) is 12.1 Å². The van der Waals surface area contributed by atoms with Crippen molar-refractivity contribution in [2.45, 2.75) is 13.3 Å². The Balaban J connectivity index is 2.32. The van der Waals surface area contributed by atoms with Gasteiger partial charge in [-0.05, 0) is 12.0 Å². The molecule has 1 heteroatoms. The number of para-hydroxylation sites is 1. The lowest BCUT2D eigenvalue weighted by Gasteiger charge is -2.09. The highest BCUT2D eigenvalue weighted by atomic mass is 16.3. The standard InChI is InChI=1S/C13H12O/c1-9-6-7-11-10-4-2-3-5-12(10)14-13(11)8-9/h2-7,9H,8H2,1H3. The van der Waals surface area contributed by atoms with E-state index >= 15 is 0 Å². The van der Waals surface area contributed by atoms with Crippen LogP contribution in [-0.2, 0) is 6.42 Å². The summed E-state index contributed by atoms with van der Waals surface area (Å²) in [4.78, 5) is 0. The minimum Gasteiger partial charge on any atom is -0.460 e. The normalized spacial score (nSPS) is 19.9. The fraction of sp³-hybridized carbons (Fsp3) is 0.231. The third kappa shape index (κ3) is 1.02. The Morgan fingerprint density at radius 1 is 1.29 bits per heavy atom. The van der Waals surface area contributed by atoms with Gasteiger partial charge in [0.2, 0.25) is 0 Å². The van der Waals surface area contributed by atoms with Gasteiger partial charge in [-0.25, -0.2) is 0 Å². The van der Waals surface area contributed by atoms with E-state index in [0.29, 0.717) is 5.92 Å². The lowest BCUT2D eigenvalue weighted by Crippen LogP contribution is -2.00. The van der Waals surface area contributed by atoms with E-state index in [-0.39, 0.29) is 0 Å². The van der Waals surface area contributed by atoms with Crippen molar-refractivity contribution in [3.63, 3.8) is 0 Å². The lowest BCUT2D eigenvalue weighted by atomic mass is 9.95. The number of furan rings is 1. The summed E-state index contributed by atoms with van der Waals surface area (Å²) in [5.41, 5.74) is 2.29. The second-order valence-electron chi connectivity index (χ2n) is 3.98. The van der Waals surface area contributed by atoms with Crippen LogP contribution in [0.2, 0.25) is 0 Å². The van der Waals surface area contributed by atoms with Gasteiger partial charge in [0.25, 0.3) is 0 Å². The molecule has 1 aromatic heterocycles. The SMILES string of the molecule is CC1C=Cc2c(oc3ccccc23)C1. The molecule has 0 N–H and O–H groups in total. The van der Waals surface area contributed by atoms with Gasteiger partial charge in [-0.2, -0.15) is 0 Å². The molecule has 0 radical (unpaired) electrons. The van der Waals surface area contributed by atoms with E-state index in [0.717, 1.165) is 17.8 Å². The van der Waals surface area contributed by atoms with Crippen molar-refractivity contribution in [3.05, 3.63) is 41.7 Å². The Morgan fingerprint density at radius 2 is 2.14 bits per heavy atom. The fourth-order valence-electron chi connectivity index (χ4n) is 2.07. The molecular formula is C13H12O. The van der Waals surface area contributed by atoms with Gasteiger partial charge in [0.1, 0.15) is 11.3 Å². The maximum Gasteiger partial charge on any atom is 0.134 e. The maximum absolute atomic E-state index is 5.81. The molecule has 0 spiro atoms. The number of benzene rings is 1. The minimum absolute atomic E-state index is 0.600. The minimum atomic E-state index is 0.600. The molecule has 0 aliphatic heterocycles. The fourth-order valence-corrected chi connectivity index (χ4v) is 2.07. The molecule has 14 heavy (non-hydrogen) atoms. The van der Waals surface area contributed by atoms with Gasteiger partial charge in [-0.3, -0.25) is 0 Å². The molecule has 1 aliphatic rings. The van der Waals surface area contributed by atoms with Crippen LogP contribution in [-0.4, -0.2) is 0 Å². The van der Waals surface area contributed by atoms with Crippen molar-refractivity contribution in [3.8, 4) is 0 Å². The summed E-state index contributed by atoms with van der Waals surface area (Å²) >= 11 is 0. The second kappa shape index (κ2) is 2.74. The molecule has 1 aromatic carbocycles. The van der Waals surface area contributed by atoms with Crippen LogP contribution >= 0.6 is 0 Å². The van der Waals surface area contributed by atoms with E-state index < -0.39 is 0 Å². The van der Waals surface area contributed by atoms with Crippen LogP contribution in [0.5, 0.6) is 0 Å². The van der Waals surface area contributed by atoms with Crippen molar-refractivity contribution in [1.82, 2.24) is 0 Å². The molecule has 0 bridgehead atoms. The predicted octanol–water partition coefficient (Wildman–Crippen LogP) is 3.64. The van der Waals surface area contributed by atoms with Crippen molar-refractivity contribution in [1.29, 1.82) is 0 Å². The van der Waals surface area contributed by atoms with Crippen molar-refractivity contribution >= 4 is 17.0 Å². The third-order valence-electron chi connectivity index (χ3n) is 2.81. The monoisotopic (exact) mass is 184 g/mol. The molecule has 0 fully saturated rings. The lowest BCUT2D eigenvalue weighted by molar-refractivity contribution is 0.513. The van der Waals surface area contributed by atoms with Crippen molar-refractivity contribution < 1.29 is 4.42 Å². The molecule has 3 rings (SSSR count). The number of fused-ring (bicyclic) bond motifs is 3. The number of rotatable bonds is 0. The van der Waals surface area contributed by atoms with Crippen molar-refractivity contribution in [2.75, 3.05) is 0 Å². The molecular weight excluding hydrogens is 172 g/mol. The van der Waals surface area contributed by atoms with Crippen LogP contribution in [0, 0.1) is 5.92 Å². The van der Waals surface area contributed by atoms with Crippen LogP contribution in [0.4, 0.5) is 0 Å². The molecule has 0 saturated carbocycles. The highest BCUT2D eigenvalue weighted by molar-refractivity contribution is 5.89. The molecule has 1 heterocycles. The van der Waals surface area contributed by atoms with Gasteiger partial charge in [-0.1, -0.05) is 37.3 Å². The van der Waals surface area contributed by atoms with Gasteiger partial charge in [0.05, 0.1) is 0 Å². The molecule has 0 saturated heterocycles. The first-order chi connectivity index (χ1) is 6.84. The number of allylic oxidation sites excluding steroid dienone is 1. The summed E-state index contributed by atoms with van der Waals surface area (Å²) in [6.07, 6.45) is 5.47. The predicted molar refractivity (Wildman–Crippen MR) is 58.1 cm³/mol. The first-order valence-corrected chi connectivity index (χ1v) is 5.03. The Labute approximate surface area is 83.0 Å². The molecule has 70 valence electrons. The Morgan fingerprint density at radius 3 is 3.07 bits per heavy atom. The van der Waals surface area contributed by atoms with E-state index in [1.54, 1.807) is 0 Å². The summed E-state index contributed by atoms with van der Waals surface area (Å²) in [6, 6.07) is 8.23. The zero-order valence-electron chi connectivity index (χ0n) is 8.16. The first kappa shape index (κ1) is 7.86. The topological polar surface area (TPSA) is 13.1 Å². The smallest absolute Gasteiger partial charge is 0.134 e. The van der Waals surface area contributed by atoms with Gasteiger partial charge in [-0.15, -0.1) is 0 Å². The van der Waals surface area contributed by atoms with Crippen LogP contribution in [0.1, 0.15) is 18.2 Å². The van der Waals surface area contributed by atoms with E-state index in [1.165, 1.54) is 10.9 Å². The molecule has 0 amide bonds. The molecule has 2 aromatic rings. The van der Waals surface area contributed by atoms with Gasteiger partial charge in [0, 0.05) is 17.4 Å². The quantitative estimate of drug-likeness (QED) is 0.609. The summed E-state index contributed by atoms with van der Waals surface area (Å²) < 4.78 is 5.81. The number of hydrogen-bond donors (Lipinski definition) is 0. The summed E-state index contributed by atoms with van der Waals surface area (Å²) in [7, 11) is 0. The van der Waals surface area contributed by atoms with Crippen molar-refractivity contribution in [2.24, 2.45) is 5.92 Å². The average Bonchev–Trinajstić information content (AvgIpc) is 2.54. The summed E-state index contributed by atoms with van der Waals surface area (Å²) in [5, 5.41) is 1.24. The highest BCUT2D eigenvalue weighted by Crippen LogP contribution is 2.32.